The first-order valence-corrected chi connectivity index (χ1v) is 9.53. The van der Waals surface area contributed by atoms with Crippen LogP contribution in [0.15, 0.2) is 40.9 Å². The number of methoxy groups -OCH3 is 1. The summed E-state index contributed by atoms with van der Waals surface area (Å²) in [6, 6.07) is 12.2. The van der Waals surface area contributed by atoms with Crippen molar-refractivity contribution in [3.8, 4) is 11.5 Å². The average molecular weight is 418 g/mol. The van der Waals surface area contributed by atoms with Gasteiger partial charge in [0, 0.05) is 19.5 Å². The number of fused-ring (bicyclic) bond motifs is 1. The third kappa shape index (κ3) is 4.56. The first-order chi connectivity index (χ1) is 12.6. The summed E-state index contributed by atoms with van der Waals surface area (Å²) in [6.45, 7) is 5.58. The average Bonchev–Trinajstić information content (AvgIpc) is 3.03. The molecule has 0 radical (unpaired) electrons. The second-order valence-electron chi connectivity index (χ2n) is 6.40. The lowest BCUT2D eigenvalue weighted by molar-refractivity contribution is 0.228. The second kappa shape index (κ2) is 8.56. The van der Waals surface area contributed by atoms with Gasteiger partial charge in [-0.05, 0) is 59.6 Å². The lowest BCUT2D eigenvalue weighted by Crippen LogP contribution is -2.17. The van der Waals surface area contributed by atoms with Gasteiger partial charge in [-0.3, -0.25) is 0 Å². The molecule has 0 amide bonds. The maximum absolute atomic E-state index is 5.83. The molecule has 138 valence electrons. The van der Waals surface area contributed by atoms with E-state index in [2.05, 4.69) is 37.3 Å². The number of ether oxygens (including phenoxy) is 2. The zero-order valence-corrected chi connectivity index (χ0v) is 16.9. The van der Waals surface area contributed by atoms with Crippen molar-refractivity contribution in [3.05, 3.63) is 52.3 Å². The number of nitrogens with one attached hydrogen (secondary N) is 2. The van der Waals surface area contributed by atoms with Gasteiger partial charge in [0.1, 0.15) is 5.82 Å². The number of imidazole rings is 1. The van der Waals surface area contributed by atoms with Crippen molar-refractivity contribution < 1.29 is 9.47 Å². The Morgan fingerprint density at radius 2 is 2.04 bits per heavy atom. The Labute approximate surface area is 162 Å². The van der Waals surface area contributed by atoms with Crippen LogP contribution in [0, 0.1) is 0 Å². The lowest BCUT2D eigenvalue weighted by Gasteiger charge is -2.16. The molecule has 6 heteroatoms. The number of rotatable bonds is 8. The summed E-state index contributed by atoms with van der Waals surface area (Å²) in [4.78, 5) is 7.95. The molecule has 0 aliphatic carbocycles. The molecular weight excluding hydrogens is 394 g/mol. The summed E-state index contributed by atoms with van der Waals surface area (Å²) in [6.07, 6.45) is 0.939. The Bertz CT molecular complexity index is 844. The van der Waals surface area contributed by atoms with Crippen molar-refractivity contribution in [1.29, 1.82) is 0 Å². The molecule has 0 bridgehead atoms. The van der Waals surface area contributed by atoms with E-state index >= 15 is 0 Å². The summed E-state index contributed by atoms with van der Waals surface area (Å²) in [5.74, 6) is 2.48. The van der Waals surface area contributed by atoms with Crippen LogP contribution < -0.4 is 14.8 Å². The van der Waals surface area contributed by atoms with Crippen molar-refractivity contribution in [1.82, 2.24) is 15.3 Å². The van der Waals surface area contributed by atoms with E-state index in [-0.39, 0.29) is 6.10 Å². The van der Waals surface area contributed by atoms with Gasteiger partial charge >= 0.3 is 0 Å². The first-order valence-electron chi connectivity index (χ1n) is 8.74. The number of para-hydroxylation sites is 2. The topological polar surface area (TPSA) is 59.2 Å². The molecule has 0 saturated carbocycles. The molecule has 0 unspecified atom stereocenters. The van der Waals surface area contributed by atoms with E-state index in [0.29, 0.717) is 0 Å². The van der Waals surface area contributed by atoms with Gasteiger partial charge in [0.05, 0.1) is 28.7 Å². The van der Waals surface area contributed by atoms with Crippen LogP contribution in [0.5, 0.6) is 11.5 Å². The van der Waals surface area contributed by atoms with E-state index in [1.807, 2.05) is 44.2 Å². The van der Waals surface area contributed by atoms with Crippen molar-refractivity contribution in [2.24, 2.45) is 0 Å². The molecular formula is C20H24BrN3O2. The van der Waals surface area contributed by atoms with E-state index in [4.69, 9.17) is 9.47 Å². The molecule has 0 aliphatic rings. The highest BCUT2D eigenvalue weighted by Crippen LogP contribution is 2.37. The highest BCUT2D eigenvalue weighted by atomic mass is 79.9. The highest BCUT2D eigenvalue weighted by molar-refractivity contribution is 9.10. The van der Waals surface area contributed by atoms with Gasteiger partial charge in [0.25, 0.3) is 0 Å². The summed E-state index contributed by atoms with van der Waals surface area (Å²) in [5.41, 5.74) is 3.23. The van der Waals surface area contributed by atoms with Gasteiger partial charge < -0.3 is 19.8 Å². The van der Waals surface area contributed by atoms with Crippen molar-refractivity contribution >= 4 is 27.0 Å². The maximum Gasteiger partial charge on any atom is 0.175 e. The highest BCUT2D eigenvalue weighted by Gasteiger charge is 2.13. The Morgan fingerprint density at radius 1 is 1.23 bits per heavy atom. The predicted octanol–water partition coefficient (Wildman–Crippen LogP) is 4.45. The Kier molecular flexibility index (Phi) is 6.16. The normalized spacial score (nSPS) is 11.3. The molecule has 2 N–H and O–H groups in total. The molecule has 3 rings (SSSR count). The summed E-state index contributed by atoms with van der Waals surface area (Å²) < 4.78 is 12.2. The standard InChI is InChI=1S/C20H24BrN3O2/c1-13(2)26-20-15(21)10-14(11-18(20)25-3)12-22-9-8-19-23-16-6-4-5-7-17(16)24-19/h4-7,10-11,13,22H,8-9,12H2,1-3H3,(H,23,24). The minimum absolute atomic E-state index is 0.0907. The van der Waals surface area contributed by atoms with Crippen molar-refractivity contribution in [3.63, 3.8) is 0 Å². The van der Waals surface area contributed by atoms with E-state index < -0.39 is 0 Å². The van der Waals surface area contributed by atoms with Crippen LogP contribution in [-0.4, -0.2) is 29.7 Å². The van der Waals surface area contributed by atoms with Crippen LogP contribution in [0.2, 0.25) is 0 Å². The third-order valence-corrected chi connectivity index (χ3v) is 4.54. The minimum atomic E-state index is 0.0907. The Morgan fingerprint density at radius 3 is 2.77 bits per heavy atom. The molecule has 26 heavy (non-hydrogen) atoms. The van der Waals surface area contributed by atoms with Crippen molar-refractivity contribution in [2.75, 3.05) is 13.7 Å². The van der Waals surface area contributed by atoms with Crippen LogP contribution in [0.4, 0.5) is 0 Å². The maximum atomic E-state index is 5.83. The number of hydrogen-bond acceptors (Lipinski definition) is 4. The number of halogens is 1. The molecule has 5 nitrogen and oxygen atoms in total. The monoisotopic (exact) mass is 417 g/mol. The van der Waals surface area contributed by atoms with Crippen LogP contribution >= 0.6 is 15.9 Å². The fraction of sp³-hybridized carbons (Fsp3) is 0.350. The van der Waals surface area contributed by atoms with Gasteiger partial charge in [0.15, 0.2) is 11.5 Å². The van der Waals surface area contributed by atoms with E-state index in [1.54, 1.807) is 7.11 Å². The molecule has 3 aromatic rings. The van der Waals surface area contributed by atoms with Crippen LogP contribution in [0.1, 0.15) is 25.2 Å². The molecule has 1 heterocycles. The number of aromatic amines is 1. The first kappa shape index (κ1) is 18.7. The number of H-pyrrole nitrogens is 1. The zero-order valence-electron chi connectivity index (χ0n) is 15.3. The zero-order chi connectivity index (χ0) is 18.5. The van der Waals surface area contributed by atoms with Crippen molar-refractivity contribution in [2.45, 2.75) is 32.9 Å². The lowest BCUT2D eigenvalue weighted by atomic mass is 10.2. The fourth-order valence-corrected chi connectivity index (χ4v) is 3.37. The van der Waals surface area contributed by atoms with Crippen LogP contribution in [0.3, 0.4) is 0 Å². The molecule has 0 saturated heterocycles. The molecule has 0 spiro atoms. The number of hydrogen-bond donors (Lipinski definition) is 2. The van der Waals surface area contributed by atoms with Crippen LogP contribution in [-0.2, 0) is 13.0 Å². The van der Waals surface area contributed by atoms with E-state index in [1.165, 1.54) is 0 Å². The van der Waals surface area contributed by atoms with Gasteiger partial charge in [-0.15, -0.1) is 0 Å². The number of benzene rings is 2. The second-order valence-corrected chi connectivity index (χ2v) is 7.26. The summed E-state index contributed by atoms with van der Waals surface area (Å²) >= 11 is 3.58. The number of aromatic nitrogens is 2. The Hall–Kier alpha value is -2.05. The smallest absolute Gasteiger partial charge is 0.175 e. The quantitative estimate of drug-likeness (QED) is 0.531. The van der Waals surface area contributed by atoms with Gasteiger partial charge in [-0.1, -0.05) is 12.1 Å². The molecule has 2 aromatic carbocycles. The van der Waals surface area contributed by atoms with Gasteiger partial charge in [-0.2, -0.15) is 0 Å². The molecule has 1 aromatic heterocycles. The summed E-state index contributed by atoms with van der Waals surface area (Å²) in [7, 11) is 1.66. The Balaban J connectivity index is 1.58. The predicted molar refractivity (Wildman–Crippen MR) is 108 cm³/mol. The van der Waals surface area contributed by atoms with Crippen LogP contribution in [0.25, 0.3) is 11.0 Å². The minimum Gasteiger partial charge on any atom is -0.493 e. The number of nitrogens with zero attached hydrogens (tertiary/aromatic N) is 1. The fourth-order valence-electron chi connectivity index (χ4n) is 2.79. The van der Waals surface area contributed by atoms with E-state index in [9.17, 15) is 0 Å². The van der Waals surface area contributed by atoms with Gasteiger partial charge in [-0.25, -0.2) is 4.98 Å². The largest absolute Gasteiger partial charge is 0.493 e. The SMILES string of the molecule is COc1cc(CNCCc2nc3ccccc3[nH]2)cc(Br)c1OC(C)C. The molecule has 0 atom stereocenters. The third-order valence-electron chi connectivity index (χ3n) is 3.95. The molecule has 0 fully saturated rings. The van der Waals surface area contributed by atoms with Gasteiger partial charge in [0.2, 0.25) is 0 Å². The molecule has 0 aliphatic heterocycles. The summed E-state index contributed by atoms with van der Waals surface area (Å²) in [5, 5.41) is 3.46. The van der Waals surface area contributed by atoms with E-state index in [0.717, 1.165) is 57.9 Å².